The number of amides is 1. The van der Waals surface area contributed by atoms with E-state index in [1.54, 1.807) is 14.0 Å². The van der Waals surface area contributed by atoms with Crippen LogP contribution in [0.25, 0.3) is 5.82 Å². The molecule has 0 aliphatic carbocycles. The lowest BCUT2D eigenvalue weighted by atomic mass is 10.2. The average molecular weight is 371 g/mol. The minimum absolute atomic E-state index is 0. The average Bonchev–Trinajstić information content (AvgIpc) is 3.09. The molecule has 3 heterocycles. The number of nitrogens with one attached hydrogen (secondary N) is 2. The number of carbonyl (C=O) groups excluding carboxylic acids is 1. The van der Waals surface area contributed by atoms with Crippen molar-refractivity contribution in [3.05, 3.63) is 51.6 Å². The highest BCUT2D eigenvalue weighted by Gasteiger charge is 2.24. The molecule has 1 aliphatic heterocycles. The Morgan fingerprint density at radius 1 is 1.41 bits per heavy atom. The maximum Gasteiger partial charge on any atom is 0.285 e. The summed E-state index contributed by atoms with van der Waals surface area (Å²) in [5.74, 6) is -0.404. The molecule has 0 fully saturated rings. The standard InChI is InChI=1S/C14H13N9O2.C2H6.H2/c1-8-5-10(12(24)17-14-18-20-21-22(14)2)13(25)23(19-8)11-4-3-9(6-15)7-16-11;1-2;/h3-5,7,14H,1-2H3,(H,17,24)(H,18,21);1-2H3;1H. The van der Waals surface area contributed by atoms with Crippen LogP contribution in [0, 0.1) is 18.3 Å². The SMILES string of the molecule is CC.Cc1cc(C(=O)NC2N=NNN2C)c(=O)n(-c2ccc(C#N)cn2)n1.[HH]. The van der Waals surface area contributed by atoms with Crippen molar-refractivity contribution in [2.75, 3.05) is 7.05 Å². The Morgan fingerprint density at radius 3 is 2.70 bits per heavy atom. The smallest absolute Gasteiger partial charge is 0.285 e. The van der Waals surface area contributed by atoms with E-state index in [1.165, 1.54) is 29.4 Å². The Hall–Kier alpha value is -3.65. The number of aromatic nitrogens is 3. The molecule has 0 saturated carbocycles. The van der Waals surface area contributed by atoms with Crippen LogP contribution in [0.3, 0.4) is 0 Å². The maximum absolute atomic E-state index is 12.6. The van der Waals surface area contributed by atoms with Crippen LogP contribution in [0.1, 0.15) is 36.9 Å². The molecular formula is C16H21N9O2. The third kappa shape index (κ3) is 4.31. The molecule has 142 valence electrons. The molecule has 0 saturated heterocycles. The van der Waals surface area contributed by atoms with Gasteiger partial charge in [-0.2, -0.15) is 20.1 Å². The zero-order valence-electron chi connectivity index (χ0n) is 15.3. The second kappa shape index (κ2) is 8.63. The lowest BCUT2D eigenvalue weighted by Crippen LogP contribution is -2.47. The number of carbonyl (C=O) groups is 1. The number of hydrogen-bond donors (Lipinski definition) is 2. The molecule has 1 aliphatic rings. The normalized spacial score (nSPS) is 15.3. The molecule has 1 atom stereocenters. The van der Waals surface area contributed by atoms with E-state index in [-0.39, 0.29) is 12.8 Å². The van der Waals surface area contributed by atoms with Gasteiger partial charge in [-0.25, -0.2) is 10.5 Å². The van der Waals surface area contributed by atoms with Gasteiger partial charge >= 0.3 is 0 Å². The van der Waals surface area contributed by atoms with Crippen molar-refractivity contribution in [2.24, 2.45) is 10.3 Å². The van der Waals surface area contributed by atoms with Crippen molar-refractivity contribution in [2.45, 2.75) is 27.1 Å². The predicted molar refractivity (Wildman–Crippen MR) is 97.6 cm³/mol. The summed E-state index contributed by atoms with van der Waals surface area (Å²) in [5.41, 5.74) is 2.61. The first-order chi connectivity index (χ1) is 13.0. The molecule has 3 rings (SSSR count). The van der Waals surface area contributed by atoms with Crippen molar-refractivity contribution >= 4 is 5.91 Å². The van der Waals surface area contributed by atoms with E-state index < -0.39 is 17.8 Å². The zero-order chi connectivity index (χ0) is 20.0. The number of hydrogen-bond acceptors (Lipinski definition) is 9. The molecule has 11 heteroatoms. The molecule has 11 nitrogen and oxygen atoms in total. The van der Waals surface area contributed by atoms with Crippen molar-refractivity contribution < 1.29 is 6.22 Å². The fraction of sp³-hybridized carbons (Fsp3) is 0.312. The number of nitrogens with zero attached hydrogens (tertiary/aromatic N) is 7. The number of pyridine rings is 1. The molecule has 0 spiro atoms. The monoisotopic (exact) mass is 371 g/mol. The Balaban J connectivity index is 0.00000127. The summed E-state index contributed by atoms with van der Waals surface area (Å²) < 4.78 is 1.02. The molecule has 0 radical (unpaired) electrons. The molecule has 1 amide bonds. The van der Waals surface area contributed by atoms with Gasteiger partial charge in [-0.05, 0) is 25.1 Å². The molecular weight excluding hydrogens is 350 g/mol. The highest BCUT2D eigenvalue weighted by atomic mass is 16.2. The number of hydrazine groups is 1. The first kappa shape index (κ1) is 19.7. The van der Waals surface area contributed by atoms with Crippen LogP contribution in [0.4, 0.5) is 0 Å². The Morgan fingerprint density at radius 2 is 2.15 bits per heavy atom. The highest BCUT2D eigenvalue weighted by Crippen LogP contribution is 2.05. The Kier molecular flexibility index (Phi) is 6.29. The van der Waals surface area contributed by atoms with Crippen molar-refractivity contribution in [3.63, 3.8) is 0 Å². The van der Waals surface area contributed by atoms with E-state index in [9.17, 15) is 9.59 Å². The molecule has 2 N–H and O–H groups in total. The van der Waals surface area contributed by atoms with Gasteiger partial charge in [0, 0.05) is 14.7 Å². The van der Waals surface area contributed by atoms with E-state index >= 15 is 0 Å². The van der Waals surface area contributed by atoms with Gasteiger partial charge in [0.1, 0.15) is 11.6 Å². The van der Waals surface area contributed by atoms with Crippen molar-refractivity contribution in [3.8, 4) is 11.9 Å². The number of rotatable bonds is 3. The largest absolute Gasteiger partial charge is 0.315 e. The summed E-state index contributed by atoms with van der Waals surface area (Å²) in [7, 11) is 1.64. The highest BCUT2D eigenvalue weighted by molar-refractivity contribution is 5.94. The van der Waals surface area contributed by atoms with E-state index in [2.05, 4.69) is 31.3 Å². The molecule has 1 unspecified atom stereocenters. The summed E-state index contributed by atoms with van der Waals surface area (Å²) >= 11 is 0. The lowest BCUT2D eigenvalue weighted by molar-refractivity contribution is 0.0870. The van der Waals surface area contributed by atoms with Gasteiger partial charge in [0.2, 0.25) is 6.29 Å². The van der Waals surface area contributed by atoms with E-state index in [1.807, 2.05) is 19.9 Å². The van der Waals surface area contributed by atoms with E-state index in [0.717, 1.165) is 4.68 Å². The summed E-state index contributed by atoms with van der Waals surface area (Å²) in [4.78, 5) is 29.1. The van der Waals surface area contributed by atoms with Gasteiger partial charge in [0.25, 0.3) is 11.5 Å². The van der Waals surface area contributed by atoms with Gasteiger partial charge in [-0.1, -0.05) is 19.1 Å². The predicted octanol–water partition coefficient (Wildman–Crippen LogP) is 0.910. The van der Waals surface area contributed by atoms with Gasteiger partial charge in [0.15, 0.2) is 5.82 Å². The number of nitriles is 1. The topological polar surface area (TPSA) is 141 Å². The van der Waals surface area contributed by atoms with Gasteiger partial charge in [-0.3, -0.25) is 9.59 Å². The fourth-order valence-corrected chi connectivity index (χ4v) is 2.12. The van der Waals surface area contributed by atoms with Gasteiger partial charge < -0.3 is 5.32 Å². The maximum atomic E-state index is 12.6. The second-order valence-electron chi connectivity index (χ2n) is 5.21. The van der Waals surface area contributed by atoms with Crippen LogP contribution >= 0.6 is 0 Å². The third-order valence-corrected chi connectivity index (χ3v) is 3.37. The van der Waals surface area contributed by atoms with Crippen LogP contribution in [0.2, 0.25) is 0 Å². The molecule has 2 aromatic heterocycles. The third-order valence-electron chi connectivity index (χ3n) is 3.37. The Bertz CT molecular complexity index is 950. The van der Waals surface area contributed by atoms with Crippen LogP contribution in [-0.2, 0) is 0 Å². The molecule has 0 bridgehead atoms. The Labute approximate surface area is 156 Å². The zero-order valence-corrected chi connectivity index (χ0v) is 15.3. The summed E-state index contributed by atoms with van der Waals surface area (Å²) in [6, 6.07) is 6.32. The summed E-state index contributed by atoms with van der Waals surface area (Å²) in [5, 5.41) is 24.3. The molecule has 27 heavy (non-hydrogen) atoms. The van der Waals surface area contributed by atoms with Crippen LogP contribution < -0.4 is 16.4 Å². The van der Waals surface area contributed by atoms with E-state index in [4.69, 9.17) is 5.26 Å². The molecule has 0 aromatic carbocycles. The lowest BCUT2D eigenvalue weighted by Gasteiger charge is -2.16. The minimum atomic E-state index is -0.721. The van der Waals surface area contributed by atoms with E-state index in [0.29, 0.717) is 11.3 Å². The summed E-state index contributed by atoms with van der Waals surface area (Å²) in [6.45, 7) is 5.65. The summed E-state index contributed by atoms with van der Waals surface area (Å²) in [6.07, 6.45) is 0.604. The van der Waals surface area contributed by atoms with Crippen LogP contribution in [-0.4, -0.2) is 39.0 Å². The van der Waals surface area contributed by atoms with Crippen LogP contribution in [0.5, 0.6) is 0 Å². The van der Waals surface area contributed by atoms with Crippen LogP contribution in [0.15, 0.2) is 39.5 Å². The first-order valence-corrected chi connectivity index (χ1v) is 8.16. The quantitative estimate of drug-likeness (QED) is 0.817. The van der Waals surface area contributed by atoms with Crippen molar-refractivity contribution in [1.29, 1.82) is 5.26 Å². The molecule has 2 aromatic rings. The van der Waals surface area contributed by atoms with Crippen molar-refractivity contribution in [1.82, 2.24) is 30.6 Å². The second-order valence-corrected chi connectivity index (χ2v) is 5.21. The minimum Gasteiger partial charge on any atom is -0.315 e. The van der Waals surface area contributed by atoms with Gasteiger partial charge in [0.05, 0.1) is 11.3 Å². The number of aryl methyl sites for hydroxylation is 1. The van der Waals surface area contributed by atoms with Gasteiger partial charge in [-0.15, -0.1) is 5.11 Å². The fourth-order valence-electron chi connectivity index (χ4n) is 2.12. The first-order valence-electron chi connectivity index (χ1n) is 8.16.